The summed E-state index contributed by atoms with van der Waals surface area (Å²) in [5, 5.41) is 7.39. The first kappa shape index (κ1) is 19.1. The molecule has 0 saturated heterocycles. The van der Waals surface area contributed by atoms with Crippen molar-refractivity contribution < 1.29 is 4.79 Å². The molecule has 0 bridgehead atoms. The van der Waals surface area contributed by atoms with Crippen LogP contribution in [0.1, 0.15) is 21.7 Å². The third-order valence-electron chi connectivity index (χ3n) is 4.49. The number of aryl methyl sites for hydroxylation is 1. The molecule has 0 spiro atoms. The topological polar surface area (TPSA) is 59.8 Å². The molecule has 0 aliphatic carbocycles. The number of benzene rings is 3. The summed E-state index contributed by atoms with van der Waals surface area (Å²) in [5.41, 5.74) is 3.91. The van der Waals surface area contributed by atoms with Gasteiger partial charge in [-0.05, 0) is 36.8 Å². The van der Waals surface area contributed by atoms with E-state index in [1.807, 2.05) is 85.8 Å². The van der Waals surface area contributed by atoms with E-state index in [4.69, 9.17) is 0 Å². The number of aromatic nitrogens is 3. The molecule has 6 heteroatoms. The van der Waals surface area contributed by atoms with Gasteiger partial charge in [0.15, 0.2) is 5.82 Å². The van der Waals surface area contributed by atoms with Gasteiger partial charge in [0.2, 0.25) is 5.82 Å². The highest BCUT2D eigenvalue weighted by Gasteiger charge is 2.18. The van der Waals surface area contributed by atoms with Gasteiger partial charge in [-0.3, -0.25) is 4.79 Å². The summed E-state index contributed by atoms with van der Waals surface area (Å²) in [7, 11) is 0. The Morgan fingerprint density at radius 3 is 2.34 bits per heavy atom. The van der Waals surface area contributed by atoms with Crippen molar-refractivity contribution in [3.05, 3.63) is 100 Å². The molecule has 0 saturated carbocycles. The summed E-state index contributed by atoms with van der Waals surface area (Å²) in [6, 6.07) is 25.5. The first-order valence-electron chi connectivity index (χ1n) is 9.22. The van der Waals surface area contributed by atoms with Crippen LogP contribution in [0.5, 0.6) is 0 Å². The molecule has 1 aromatic heterocycles. The lowest BCUT2D eigenvalue weighted by atomic mass is 10.1. The fourth-order valence-corrected chi connectivity index (χ4v) is 3.18. The minimum atomic E-state index is -0.307. The fourth-order valence-electron chi connectivity index (χ4n) is 2.92. The summed E-state index contributed by atoms with van der Waals surface area (Å²) >= 11 is 3.45. The van der Waals surface area contributed by atoms with Crippen molar-refractivity contribution in [2.45, 2.75) is 13.5 Å². The van der Waals surface area contributed by atoms with Gasteiger partial charge in [0, 0.05) is 16.6 Å². The number of nitrogens with one attached hydrogen (secondary N) is 1. The van der Waals surface area contributed by atoms with Crippen LogP contribution in [-0.4, -0.2) is 20.7 Å². The van der Waals surface area contributed by atoms with E-state index in [1.165, 1.54) is 0 Å². The Kier molecular flexibility index (Phi) is 5.53. The second-order valence-corrected chi connectivity index (χ2v) is 7.60. The largest absolute Gasteiger partial charge is 0.345 e. The number of carbonyl (C=O) groups excluding carboxylic acids is 1. The molecule has 1 N–H and O–H groups in total. The normalized spacial score (nSPS) is 10.7. The van der Waals surface area contributed by atoms with Crippen LogP contribution < -0.4 is 5.32 Å². The van der Waals surface area contributed by atoms with Gasteiger partial charge in [0.25, 0.3) is 5.91 Å². The lowest BCUT2D eigenvalue weighted by molar-refractivity contribution is 0.0940. The zero-order chi connectivity index (χ0) is 20.2. The van der Waals surface area contributed by atoms with Gasteiger partial charge >= 0.3 is 0 Å². The second-order valence-electron chi connectivity index (χ2n) is 6.68. The summed E-state index contributed by atoms with van der Waals surface area (Å²) in [6.45, 7) is 2.46. The molecule has 0 fully saturated rings. The minimum Gasteiger partial charge on any atom is -0.345 e. The van der Waals surface area contributed by atoms with Crippen LogP contribution in [0.25, 0.3) is 17.1 Å². The smallest absolute Gasteiger partial charge is 0.291 e. The highest BCUT2D eigenvalue weighted by Crippen LogP contribution is 2.23. The summed E-state index contributed by atoms with van der Waals surface area (Å²) < 4.78 is 2.67. The van der Waals surface area contributed by atoms with Crippen LogP contribution >= 0.6 is 15.9 Å². The highest BCUT2D eigenvalue weighted by atomic mass is 79.9. The third kappa shape index (κ3) is 4.43. The minimum absolute atomic E-state index is 0.138. The van der Waals surface area contributed by atoms with Gasteiger partial charge in [0.1, 0.15) is 0 Å². The Labute approximate surface area is 177 Å². The lowest BCUT2D eigenvalue weighted by Crippen LogP contribution is -2.24. The van der Waals surface area contributed by atoms with E-state index in [1.54, 1.807) is 4.68 Å². The van der Waals surface area contributed by atoms with Gasteiger partial charge in [-0.15, -0.1) is 5.10 Å². The zero-order valence-electron chi connectivity index (χ0n) is 15.8. The Morgan fingerprint density at radius 2 is 1.66 bits per heavy atom. The molecule has 1 amide bonds. The molecule has 0 radical (unpaired) electrons. The van der Waals surface area contributed by atoms with E-state index in [0.717, 1.165) is 26.9 Å². The quantitative estimate of drug-likeness (QED) is 0.472. The van der Waals surface area contributed by atoms with Gasteiger partial charge in [0.05, 0.1) is 5.69 Å². The van der Waals surface area contributed by atoms with Crippen molar-refractivity contribution in [2.24, 2.45) is 0 Å². The molecule has 4 rings (SSSR count). The van der Waals surface area contributed by atoms with Crippen molar-refractivity contribution in [2.75, 3.05) is 0 Å². The number of halogens is 1. The molecule has 144 valence electrons. The maximum Gasteiger partial charge on any atom is 0.291 e. The molecule has 29 heavy (non-hydrogen) atoms. The van der Waals surface area contributed by atoms with E-state index < -0.39 is 0 Å². The molecule has 5 nitrogen and oxygen atoms in total. The van der Waals surface area contributed by atoms with E-state index in [0.29, 0.717) is 12.4 Å². The number of carbonyl (C=O) groups is 1. The molecule has 3 aromatic carbocycles. The van der Waals surface area contributed by atoms with E-state index in [9.17, 15) is 4.79 Å². The maximum absolute atomic E-state index is 12.7. The first-order valence-corrected chi connectivity index (χ1v) is 10.0. The predicted octanol–water partition coefficient (Wildman–Crippen LogP) is 4.94. The average Bonchev–Trinajstić information content (AvgIpc) is 3.19. The number of hydrogen-bond donors (Lipinski definition) is 1. The molecular formula is C23H19BrN4O. The zero-order valence-corrected chi connectivity index (χ0v) is 17.4. The lowest BCUT2D eigenvalue weighted by Gasteiger charge is -2.06. The van der Waals surface area contributed by atoms with Crippen LogP contribution in [0.15, 0.2) is 83.3 Å². The third-order valence-corrected chi connectivity index (χ3v) is 5.02. The van der Waals surface area contributed by atoms with E-state index in [2.05, 4.69) is 31.3 Å². The number of amides is 1. The standard InChI is InChI=1S/C23H19BrN4O/c1-16-7-9-18(10-8-16)22-26-21(23(29)25-15-17-5-3-2-4-6-17)27-28(22)20-13-11-19(24)12-14-20/h2-14H,15H2,1H3,(H,25,29). The van der Waals surface area contributed by atoms with Crippen LogP contribution in [0.3, 0.4) is 0 Å². The molecule has 0 unspecified atom stereocenters. The average molecular weight is 447 g/mol. The van der Waals surface area contributed by atoms with Gasteiger partial charge in [-0.1, -0.05) is 76.1 Å². The molecule has 4 aromatic rings. The molecule has 0 aliphatic heterocycles. The summed E-state index contributed by atoms with van der Waals surface area (Å²) in [5.74, 6) is 0.453. The van der Waals surface area contributed by atoms with Crippen molar-refractivity contribution in [3.63, 3.8) is 0 Å². The van der Waals surface area contributed by atoms with Crippen molar-refractivity contribution in [1.82, 2.24) is 20.1 Å². The van der Waals surface area contributed by atoms with Crippen molar-refractivity contribution in [3.8, 4) is 17.1 Å². The van der Waals surface area contributed by atoms with E-state index >= 15 is 0 Å². The van der Waals surface area contributed by atoms with Crippen LogP contribution in [0, 0.1) is 6.92 Å². The predicted molar refractivity (Wildman–Crippen MR) is 117 cm³/mol. The second kappa shape index (κ2) is 8.41. The number of nitrogens with zero attached hydrogens (tertiary/aromatic N) is 3. The molecule has 1 heterocycles. The van der Waals surface area contributed by atoms with Gasteiger partial charge < -0.3 is 5.32 Å². The SMILES string of the molecule is Cc1ccc(-c2nc(C(=O)NCc3ccccc3)nn2-c2ccc(Br)cc2)cc1. The molecule has 0 aliphatic rings. The van der Waals surface area contributed by atoms with Crippen LogP contribution in [-0.2, 0) is 6.54 Å². The van der Waals surface area contributed by atoms with Crippen molar-refractivity contribution >= 4 is 21.8 Å². The maximum atomic E-state index is 12.7. The van der Waals surface area contributed by atoms with Gasteiger partial charge in [-0.25, -0.2) is 9.67 Å². The van der Waals surface area contributed by atoms with Crippen molar-refractivity contribution in [1.29, 1.82) is 0 Å². The van der Waals surface area contributed by atoms with Crippen LogP contribution in [0.2, 0.25) is 0 Å². The summed E-state index contributed by atoms with van der Waals surface area (Å²) in [4.78, 5) is 17.2. The Morgan fingerprint density at radius 1 is 0.966 bits per heavy atom. The fraction of sp³-hybridized carbons (Fsp3) is 0.0870. The van der Waals surface area contributed by atoms with Crippen LogP contribution in [0.4, 0.5) is 0 Å². The summed E-state index contributed by atoms with van der Waals surface area (Å²) in [6.07, 6.45) is 0. The number of rotatable bonds is 5. The monoisotopic (exact) mass is 446 g/mol. The number of hydrogen-bond acceptors (Lipinski definition) is 3. The first-order chi connectivity index (χ1) is 14.1. The molecular weight excluding hydrogens is 428 g/mol. The Balaban J connectivity index is 1.68. The van der Waals surface area contributed by atoms with E-state index in [-0.39, 0.29) is 11.7 Å². The Hall–Kier alpha value is -3.25. The molecule has 0 atom stereocenters. The highest BCUT2D eigenvalue weighted by molar-refractivity contribution is 9.10. The Bertz CT molecular complexity index is 1060. The van der Waals surface area contributed by atoms with Gasteiger partial charge in [-0.2, -0.15) is 0 Å².